The predicted molar refractivity (Wildman–Crippen MR) is 152 cm³/mol. The molecular formula is C32H36ClNO3. The SMILES string of the molecule is C[C@H](CCc1ccc(OCc2ccccc2)cc1)NC[C@H](O)c1ccc(OCc2ccccc2)cc1.Cl. The maximum Gasteiger partial charge on any atom is 0.119 e. The van der Waals surface area contributed by atoms with Crippen molar-refractivity contribution < 1.29 is 14.6 Å². The van der Waals surface area contributed by atoms with Gasteiger partial charge in [0.1, 0.15) is 24.7 Å². The fraction of sp³-hybridized carbons (Fsp3) is 0.250. The Bertz CT molecular complexity index is 1150. The van der Waals surface area contributed by atoms with Crippen molar-refractivity contribution in [1.82, 2.24) is 5.32 Å². The van der Waals surface area contributed by atoms with Crippen molar-refractivity contribution in [2.24, 2.45) is 0 Å². The summed E-state index contributed by atoms with van der Waals surface area (Å²) in [6.07, 6.45) is 1.40. The van der Waals surface area contributed by atoms with Crippen LogP contribution in [0.1, 0.15) is 41.7 Å². The summed E-state index contributed by atoms with van der Waals surface area (Å²) in [5.74, 6) is 1.68. The Balaban J connectivity index is 0.00000380. The molecule has 5 heteroatoms. The minimum atomic E-state index is -0.559. The van der Waals surface area contributed by atoms with E-state index in [2.05, 4.69) is 36.5 Å². The molecule has 0 saturated carbocycles. The monoisotopic (exact) mass is 517 g/mol. The van der Waals surface area contributed by atoms with Crippen molar-refractivity contribution in [2.75, 3.05) is 6.54 Å². The summed E-state index contributed by atoms with van der Waals surface area (Å²) in [5, 5.41) is 14.1. The van der Waals surface area contributed by atoms with Crippen LogP contribution in [0.2, 0.25) is 0 Å². The summed E-state index contributed by atoms with van der Waals surface area (Å²) in [7, 11) is 0. The van der Waals surface area contributed by atoms with Crippen molar-refractivity contribution in [3.8, 4) is 11.5 Å². The van der Waals surface area contributed by atoms with E-state index in [1.165, 1.54) is 5.56 Å². The van der Waals surface area contributed by atoms with Crippen molar-refractivity contribution >= 4 is 12.4 Å². The third-order valence-electron chi connectivity index (χ3n) is 6.21. The standard InChI is InChI=1S/C32H35NO3.ClH/c1-25(12-13-26-14-18-30(19-15-26)35-23-27-8-4-2-5-9-27)33-22-32(34)29-16-20-31(21-17-29)36-24-28-10-6-3-7-11-28;/h2-11,14-21,25,32-34H,12-13,22-24H2,1H3;1H/t25-,32+;/m1./s1. The molecule has 0 unspecified atom stereocenters. The molecule has 0 aromatic heterocycles. The molecule has 4 aromatic carbocycles. The lowest BCUT2D eigenvalue weighted by Gasteiger charge is -2.18. The third kappa shape index (κ3) is 9.58. The van der Waals surface area contributed by atoms with Crippen LogP contribution in [-0.4, -0.2) is 17.7 Å². The molecular weight excluding hydrogens is 482 g/mol. The van der Waals surface area contributed by atoms with Crippen LogP contribution in [0.25, 0.3) is 0 Å². The van der Waals surface area contributed by atoms with Gasteiger partial charge < -0.3 is 19.9 Å². The molecule has 0 aliphatic carbocycles. The van der Waals surface area contributed by atoms with Crippen LogP contribution in [0.4, 0.5) is 0 Å². The van der Waals surface area contributed by atoms with E-state index < -0.39 is 6.10 Å². The average molecular weight is 518 g/mol. The quantitative estimate of drug-likeness (QED) is 0.202. The van der Waals surface area contributed by atoms with Crippen LogP contribution >= 0.6 is 12.4 Å². The van der Waals surface area contributed by atoms with Crippen molar-refractivity contribution in [3.05, 3.63) is 131 Å². The van der Waals surface area contributed by atoms with Gasteiger partial charge >= 0.3 is 0 Å². The molecule has 0 saturated heterocycles. The van der Waals surface area contributed by atoms with Gasteiger partial charge in [0.2, 0.25) is 0 Å². The number of aliphatic hydroxyl groups excluding tert-OH is 1. The van der Waals surface area contributed by atoms with Crippen molar-refractivity contribution in [3.63, 3.8) is 0 Å². The van der Waals surface area contributed by atoms with Gasteiger partial charge in [-0.3, -0.25) is 0 Å². The highest BCUT2D eigenvalue weighted by Gasteiger charge is 2.10. The van der Waals surface area contributed by atoms with E-state index in [-0.39, 0.29) is 12.4 Å². The Morgan fingerprint density at radius 3 is 1.65 bits per heavy atom. The number of benzene rings is 4. The normalized spacial score (nSPS) is 12.3. The summed E-state index contributed by atoms with van der Waals surface area (Å²) in [6.45, 7) is 3.78. The Hall–Kier alpha value is -3.31. The van der Waals surface area contributed by atoms with Crippen LogP contribution in [0.3, 0.4) is 0 Å². The largest absolute Gasteiger partial charge is 0.489 e. The molecule has 4 aromatic rings. The number of aliphatic hydroxyl groups is 1. The number of aryl methyl sites for hydroxylation is 1. The Labute approximate surface area is 226 Å². The second kappa shape index (κ2) is 15.1. The number of hydrogen-bond donors (Lipinski definition) is 2. The molecule has 0 aliphatic heterocycles. The first-order valence-electron chi connectivity index (χ1n) is 12.6. The first kappa shape index (κ1) is 28.3. The maximum absolute atomic E-state index is 10.6. The first-order chi connectivity index (χ1) is 17.7. The van der Waals surface area contributed by atoms with Crippen LogP contribution in [0, 0.1) is 0 Å². The van der Waals surface area contributed by atoms with E-state index in [0.29, 0.717) is 25.8 Å². The smallest absolute Gasteiger partial charge is 0.119 e. The number of nitrogens with one attached hydrogen (secondary N) is 1. The summed E-state index contributed by atoms with van der Waals surface area (Å²) < 4.78 is 11.7. The first-order valence-corrected chi connectivity index (χ1v) is 12.6. The molecule has 4 rings (SSSR count). The van der Waals surface area contributed by atoms with E-state index >= 15 is 0 Å². The lowest BCUT2D eigenvalue weighted by atomic mass is 10.1. The number of rotatable bonds is 13. The van der Waals surface area contributed by atoms with E-state index in [1.54, 1.807) is 0 Å². The molecule has 0 bridgehead atoms. The number of halogens is 1. The Kier molecular flexibility index (Phi) is 11.5. The molecule has 37 heavy (non-hydrogen) atoms. The lowest BCUT2D eigenvalue weighted by Crippen LogP contribution is -2.30. The van der Waals surface area contributed by atoms with Gasteiger partial charge in [0.15, 0.2) is 0 Å². The van der Waals surface area contributed by atoms with Gasteiger partial charge in [-0.1, -0.05) is 84.9 Å². The fourth-order valence-electron chi connectivity index (χ4n) is 3.94. The zero-order valence-electron chi connectivity index (χ0n) is 21.3. The predicted octanol–water partition coefficient (Wildman–Crippen LogP) is 6.91. The van der Waals surface area contributed by atoms with E-state index in [0.717, 1.165) is 41.0 Å². The van der Waals surface area contributed by atoms with E-state index in [9.17, 15) is 5.11 Å². The van der Waals surface area contributed by atoms with Gasteiger partial charge in [0, 0.05) is 12.6 Å². The van der Waals surface area contributed by atoms with Gasteiger partial charge in [-0.25, -0.2) is 0 Å². The molecule has 2 N–H and O–H groups in total. The minimum absolute atomic E-state index is 0. The molecule has 0 radical (unpaired) electrons. The zero-order valence-corrected chi connectivity index (χ0v) is 22.1. The van der Waals surface area contributed by atoms with Crippen LogP contribution in [0.15, 0.2) is 109 Å². The van der Waals surface area contributed by atoms with Crippen LogP contribution < -0.4 is 14.8 Å². The molecule has 0 aliphatic rings. The van der Waals surface area contributed by atoms with Crippen molar-refractivity contribution in [1.29, 1.82) is 0 Å². The maximum atomic E-state index is 10.6. The van der Waals surface area contributed by atoms with E-state index in [4.69, 9.17) is 9.47 Å². The average Bonchev–Trinajstić information content (AvgIpc) is 2.94. The Morgan fingerprint density at radius 2 is 1.14 bits per heavy atom. The third-order valence-corrected chi connectivity index (χ3v) is 6.21. The fourth-order valence-corrected chi connectivity index (χ4v) is 3.94. The van der Waals surface area contributed by atoms with Gasteiger partial charge in [-0.15, -0.1) is 12.4 Å². The van der Waals surface area contributed by atoms with Gasteiger partial charge in [0.25, 0.3) is 0 Å². The van der Waals surface area contributed by atoms with Crippen LogP contribution in [-0.2, 0) is 19.6 Å². The summed E-state index contributed by atoms with van der Waals surface area (Å²) in [6, 6.07) is 36.6. The molecule has 0 fully saturated rings. The number of ether oxygens (including phenoxy) is 2. The van der Waals surface area contributed by atoms with Crippen molar-refractivity contribution in [2.45, 2.75) is 45.1 Å². The highest BCUT2D eigenvalue weighted by molar-refractivity contribution is 5.85. The molecule has 0 amide bonds. The molecule has 4 nitrogen and oxygen atoms in total. The summed E-state index contributed by atoms with van der Waals surface area (Å²) in [5.41, 5.74) is 4.46. The summed E-state index contributed by atoms with van der Waals surface area (Å²) >= 11 is 0. The van der Waals surface area contributed by atoms with Crippen LogP contribution in [0.5, 0.6) is 11.5 Å². The molecule has 194 valence electrons. The highest BCUT2D eigenvalue weighted by atomic mass is 35.5. The second-order valence-electron chi connectivity index (χ2n) is 9.13. The minimum Gasteiger partial charge on any atom is -0.489 e. The van der Waals surface area contributed by atoms with Gasteiger partial charge in [-0.05, 0) is 66.3 Å². The summed E-state index contributed by atoms with van der Waals surface area (Å²) in [4.78, 5) is 0. The molecule has 2 atom stereocenters. The van der Waals surface area contributed by atoms with Gasteiger partial charge in [0.05, 0.1) is 6.10 Å². The van der Waals surface area contributed by atoms with Gasteiger partial charge in [-0.2, -0.15) is 0 Å². The number of hydrogen-bond acceptors (Lipinski definition) is 4. The second-order valence-corrected chi connectivity index (χ2v) is 9.13. The zero-order chi connectivity index (χ0) is 25.0. The molecule has 0 spiro atoms. The Morgan fingerprint density at radius 1 is 0.649 bits per heavy atom. The topological polar surface area (TPSA) is 50.7 Å². The van der Waals surface area contributed by atoms with E-state index in [1.807, 2.05) is 84.9 Å². The highest BCUT2D eigenvalue weighted by Crippen LogP contribution is 2.19. The lowest BCUT2D eigenvalue weighted by molar-refractivity contribution is 0.170. The molecule has 0 heterocycles.